The molecule has 1 amide bonds. The minimum atomic E-state index is -2.91. The number of sulfone groups is 1. The third-order valence-electron chi connectivity index (χ3n) is 3.96. The van der Waals surface area contributed by atoms with Crippen LogP contribution in [0.15, 0.2) is 18.2 Å². The lowest BCUT2D eigenvalue weighted by atomic mass is 10.2. The van der Waals surface area contributed by atoms with Gasteiger partial charge in [-0.15, -0.1) is 0 Å². The Labute approximate surface area is 141 Å². The van der Waals surface area contributed by atoms with Crippen LogP contribution in [0.4, 0.5) is 5.69 Å². The van der Waals surface area contributed by atoms with E-state index in [4.69, 9.17) is 16.3 Å². The second kappa shape index (κ2) is 7.51. The third kappa shape index (κ3) is 5.09. The van der Waals surface area contributed by atoms with E-state index in [1.54, 1.807) is 18.2 Å². The molecule has 1 heterocycles. The lowest BCUT2D eigenvalue weighted by Crippen LogP contribution is -2.35. The molecule has 1 fully saturated rings. The molecule has 0 aliphatic carbocycles. The van der Waals surface area contributed by atoms with Crippen LogP contribution < -0.4 is 10.1 Å². The first-order valence-electron chi connectivity index (χ1n) is 7.35. The summed E-state index contributed by atoms with van der Waals surface area (Å²) < 4.78 is 28.0. The summed E-state index contributed by atoms with van der Waals surface area (Å²) in [6, 6.07) is 5.04. The molecule has 0 bridgehead atoms. The van der Waals surface area contributed by atoms with Crippen molar-refractivity contribution in [2.75, 3.05) is 37.5 Å². The van der Waals surface area contributed by atoms with E-state index in [9.17, 15) is 13.2 Å². The second-order valence-electron chi connectivity index (χ2n) is 5.68. The molecule has 1 unspecified atom stereocenters. The molecule has 23 heavy (non-hydrogen) atoms. The molecule has 1 atom stereocenters. The Morgan fingerprint density at radius 2 is 2.22 bits per heavy atom. The molecule has 0 spiro atoms. The zero-order valence-corrected chi connectivity index (χ0v) is 14.8. The molecule has 0 aromatic heterocycles. The minimum absolute atomic E-state index is 0.00299. The fraction of sp³-hybridized carbons (Fsp3) is 0.533. The summed E-state index contributed by atoms with van der Waals surface area (Å²) in [6.07, 6.45) is 0.922. The largest absolute Gasteiger partial charge is 0.495 e. The molecule has 0 radical (unpaired) electrons. The smallest absolute Gasteiger partial charge is 0.225 e. The zero-order valence-electron chi connectivity index (χ0n) is 13.2. The molecule has 2 rings (SSSR count). The number of hydrogen-bond donors (Lipinski definition) is 1. The van der Waals surface area contributed by atoms with Gasteiger partial charge in [-0.1, -0.05) is 11.6 Å². The Morgan fingerprint density at radius 1 is 1.48 bits per heavy atom. The number of nitrogens with zero attached hydrogens (tertiary/aromatic N) is 1. The van der Waals surface area contributed by atoms with Crippen LogP contribution in [0.1, 0.15) is 12.8 Å². The van der Waals surface area contributed by atoms with Crippen molar-refractivity contribution in [2.45, 2.75) is 18.9 Å². The van der Waals surface area contributed by atoms with Crippen molar-refractivity contribution in [1.82, 2.24) is 4.90 Å². The van der Waals surface area contributed by atoms with E-state index in [-0.39, 0.29) is 29.9 Å². The highest BCUT2D eigenvalue weighted by atomic mass is 35.5. The molecule has 8 heteroatoms. The standard InChI is InChI=1S/C15H21ClN2O4S/c1-18(12-6-8-23(20,21)10-12)7-5-15(19)17-11-3-4-14(22-2)13(16)9-11/h3-4,9,12H,5-8,10H2,1-2H3,(H,17,19). The van der Waals surface area contributed by atoms with Gasteiger partial charge in [-0.05, 0) is 31.7 Å². The molecule has 1 aliphatic heterocycles. The van der Waals surface area contributed by atoms with Gasteiger partial charge >= 0.3 is 0 Å². The Hall–Kier alpha value is -1.31. The number of anilines is 1. The SMILES string of the molecule is COc1ccc(NC(=O)CCN(C)C2CCS(=O)(=O)C2)cc1Cl. The molecular weight excluding hydrogens is 340 g/mol. The summed E-state index contributed by atoms with van der Waals surface area (Å²) in [7, 11) is 0.469. The number of carbonyl (C=O) groups is 1. The van der Waals surface area contributed by atoms with Crippen LogP contribution in [-0.4, -0.2) is 57.5 Å². The Bertz CT molecular complexity index is 678. The summed E-state index contributed by atoms with van der Waals surface area (Å²) in [4.78, 5) is 13.9. The van der Waals surface area contributed by atoms with Gasteiger partial charge in [0.2, 0.25) is 5.91 Å². The molecule has 128 valence electrons. The van der Waals surface area contributed by atoms with E-state index in [1.165, 1.54) is 7.11 Å². The second-order valence-corrected chi connectivity index (χ2v) is 8.32. The fourth-order valence-corrected chi connectivity index (χ4v) is 4.61. The van der Waals surface area contributed by atoms with E-state index in [0.717, 1.165) is 0 Å². The molecule has 0 saturated carbocycles. The highest BCUT2D eigenvalue weighted by Gasteiger charge is 2.30. The topological polar surface area (TPSA) is 75.7 Å². The number of nitrogens with one attached hydrogen (secondary N) is 1. The van der Waals surface area contributed by atoms with E-state index in [1.807, 2.05) is 11.9 Å². The Morgan fingerprint density at radius 3 is 2.78 bits per heavy atom. The van der Waals surface area contributed by atoms with Gasteiger partial charge in [0.05, 0.1) is 23.6 Å². The maximum atomic E-state index is 12.0. The Balaban J connectivity index is 1.82. The van der Waals surface area contributed by atoms with Gasteiger partial charge in [0, 0.05) is 24.7 Å². The molecule has 1 saturated heterocycles. The number of methoxy groups -OCH3 is 1. The van der Waals surface area contributed by atoms with Crippen LogP contribution in [0.2, 0.25) is 5.02 Å². The monoisotopic (exact) mass is 360 g/mol. The third-order valence-corrected chi connectivity index (χ3v) is 6.00. The Kier molecular flexibility index (Phi) is 5.89. The number of amides is 1. The van der Waals surface area contributed by atoms with Crippen molar-refractivity contribution < 1.29 is 17.9 Å². The van der Waals surface area contributed by atoms with Crippen LogP contribution in [0.5, 0.6) is 5.75 Å². The van der Waals surface area contributed by atoms with Crippen molar-refractivity contribution in [3.8, 4) is 5.75 Å². The van der Waals surface area contributed by atoms with Gasteiger partial charge in [-0.2, -0.15) is 0 Å². The number of hydrogen-bond acceptors (Lipinski definition) is 5. The van der Waals surface area contributed by atoms with Crippen molar-refractivity contribution in [3.05, 3.63) is 23.2 Å². The van der Waals surface area contributed by atoms with E-state index >= 15 is 0 Å². The number of ether oxygens (including phenoxy) is 1. The predicted molar refractivity (Wildman–Crippen MR) is 90.9 cm³/mol. The summed E-state index contributed by atoms with van der Waals surface area (Å²) in [5.41, 5.74) is 0.604. The lowest BCUT2D eigenvalue weighted by molar-refractivity contribution is -0.116. The predicted octanol–water partition coefficient (Wildman–Crippen LogP) is 1.80. The average Bonchev–Trinajstić information content (AvgIpc) is 2.85. The van der Waals surface area contributed by atoms with Gasteiger partial charge < -0.3 is 15.0 Å². The van der Waals surface area contributed by atoms with Crippen LogP contribution in [0.25, 0.3) is 0 Å². The minimum Gasteiger partial charge on any atom is -0.495 e. The lowest BCUT2D eigenvalue weighted by Gasteiger charge is -2.22. The van der Waals surface area contributed by atoms with E-state index in [0.29, 0.717) is 29.4 Å². The first-order valence-corrected chi connectivity index (χ1v) is 9.55. The highest BCUT2D eigenvalue weighted by molar-refractivity contribution is 7.91. The molecule has 1 aromatic rings. The van der Waals surface area contributed by atoms with Gasteiger partial charge in [0.15, 0.2) is 9.84 Å². The van der Waals surface area contributed by atoms with Crippen molar-refractivity contribution >= 4 is 33.0 Å². The van der Waals surface area contributed by atoms with Crippen LogP contribution in [0.3, 0.4) is 0 Å². The van der Waals surface area contributed by atoms with Gasteiger partial charge in [-0.25, -0.2) is 8.42 Å². The number of rotatable bonds is 6. The summed E-state index contributed by atoms with van der Waals surface area (Å²) >= 11 is 6.01. The maximum absolute atomic E-state index is 12.0. The average molecular weight is 361 g/mol. The van der Waals surface area contributed by atoms with Gasteiger partial charge in [0.25, 0.3) is 0 Å². The van der Waals surface area contributed by atoms with Crippen LogP contribution in [0, 0.1) is 0 Å². The fourth-order valence-electron chi connectivity index (χ4n) is 2.55. The first-order chi connectivity index (χ1) is 10.8. The summed E-state index contributed by atoms with van der Waals surface area (Å²) in [5.74, 6) is 0.823. The zero-order chi connectivity index (χ0) is 17.0. The van der Waals surface area contributed by atoms with Gasteiger partial charge in [0.1, 0.15) is 5.75 Å². The summed E-state index contributed by atoms with van der Waals surface area (Å²) in [5, 5.41) is 3.20. The molecule has 1 aliphatic rings. The van der Waals surface area contributed by atoms with Crippen LogP contribution in [-0.2, 0) is 14.6 Å². The maximum Gasteiger partial charge on any atom is 0.225 e. The number of carbonyl (C=O) groups excluding carboxylic acids is 1. The van der Waals surface area contributed by atoms with Gasteiger partial charge in [-0.3, -0.25) is 4.79 Å². The molecule has 1 aromatic carbocycles. The molecule has 1 N–H and O–H groups in total. The van der Waals surface area contributed by atoms with Crippen molar-refractivity contribution in [1.29, 1.82) is 0 Å². The first kappa shape index (κ1) is 18.0. The normalized spacial score (nSPS) is 19.7. The quantitative estimate of drug-likeness (QED) is 0.837. The highest BCUT2D eigenvalue weighted by Crippen LogP contribution is 2.27. The number of benzene rings is 1. The van der Waals surface area contributed by atoms with E-state index < -0.39 is 9.84 Å². The molecule has 6 nitrogen and oxygen atoms in total. The van der Waals surface area contributed by atoms with E-state index in [2.05, 4.69) is 5.32 Å². The number of halogens is 1. The van der Waals surface area contributed by atoms with Crippen LogP contribution >= 0.6 is 11.6 Å². The van der Waals surface area contributed by atoms with Crippen molar-refractivity contribution in [3.63, 3.8) is 0 Å². The summed E-state index contributed by atoms with van der Waals surface area (Å²) in [6.45, 7) is 0.510. The van der Waals surface area contributed by atoms with Crippen molar-refractivity contribution in [2.24, 2.45) is 0 Å². The molecular formula is C15H21ClN2O4S.